The van der Waals surface area contributed by atoms with Gasteiger partial charge in [-0.2, -0.15) is 4.31 Å². The molecule has 2 rings (SSSR count). The highest BCUT2D eigenvalue weighted by atomic mass is 32.2. The Balaban J connectivity index is 2.02. The summed E-state index contributed by atoms with van der Waals surface area (Å²) in [5.41, 5.74) is 5.56. The molecule has 0 radical (unpaired) electrons. The zero-order valence-corrected chi connectivity index (χ0v) is 14.3. The molecule has 0 aromatic carbocycles. The van der Waals surface area contributed by atoms with Crippen LogP contribution in [0.4, 0.5) is 4.39 Å². The first-order chi connectivity index (χ1) is 11.9. The fourth-order valence-corrected chi connectivity index (χ4v) is 3.81. The maximum atomic E-state index is 12.6. The number of carboxylic acid groups (broad SMARTS) is 1. The smallest absolute Gasteiger partial charge is 0.306 e. The number of nitrogens with two attached hydrogens (primary N) is 1. The predicted octanol–water partition coefficient (Wildman–Crippen LogP) is 0.758. The molecule has 1 aliphatic heterocycles. The molecular formula is C15H20FN3O5S. The van der Waals surface area contributed by atoms with Crippen LogP contribution < -0.4 is 10.5 Å². The van der Waals surface area contributed by atoms with E-state index in [4.69, 9.17) is 15.6 Å². The molecule has 0 saturated carbocycles. The normalized spacial score (nSPS) is 17.4. The molecule has 3 N–H and O–H groups in total. The maximum absolute atomic E-state index is 12.6. The van der Waals surface area contributed by atoms with E-state index in [1.54, 1.807) is 0 Å². The van der Waals surface area contributed by atoms with Crippen LogP contribution in [0.25, 0.3) is 0 Å². The van der Waals surface area contributed by atoms with Gasteiger partial charge in [-0.15, -0.1) is 0 Å². The van der Waals surface area contributed by atoms with E-state index in [0.717, 1.165) is 6.20 Å². The van der Waals surface area contributed by atoms with Crippen molar-refractivity contribution in [1.29, 1.82) is 0 Å². The van der Waals surface area contributed by atoms with Crippen LogP contribution >= 0.6 is 0 Å². The fourth-order valence-electron chi connectivity index (χ4n) is 2.40. The number of pyridine rings is 1. The Hall–Kier alpha value is -2.04. The summed E-state index contributed by atoms with van der Waals surface area (Å²) in [7, 11) is -3.74. The zero-order valence-electron chi connectivity index (χ0n) is 13.5. The van der Waals surface area contributed by atoms with Crippen LogP contribution in [0.3, 0.4) is 0 Å². The number of carboxylic acids is 1. The van der Waals surface area contributed by atoms with E-state index in [0.29, 0.717) is 6.33 Å². The standard InChI is InChI=1S/C15H20FN3O5S/c16-7-11(8-17)10-24-14-2-1-13(9-18-14)25(22,23)19-5-3-12(4-6-19)15(20)21/h1-2,7,9,12H,3-6,8,10,17H2,(H,20,21). The number of nitrogens with zero attached hydrogens (tertiary/aromatic N) is 2. The number of ether oxygens (including phenoxy) is 1. The van der Waals surface area contributed by atoms with Crippen LogP contribution in [0, 0.1) is 5.92 Å². The Morgan fingerprint density at radius 1 is 1.44 bits per heavy atom. The molecule has 10 heteroatoms. The van der Waals surface area contributed by atoms with Gasteiger partial charge in [-0.3, -0.25) is 4.79 Å². The average Bonchev–Trinajstić information content (AvgIpc) is 2.63. The number of halogens is 1. The van der Waals surface area contributed by atoms with Crippen molar-refractivity contribution < 1.29 is 27.4 Å². The van der Waals surface area contributed by atoms with E-state index in [-0.39, 0.29) is 55.4 Å². The number of hydrogen-bond acceptors (Lipinski definition) is 6. The molecule has 8 nitrogen and oxygen atoms in total. The molecule has 2 heterocycles. The van der Waals surface area contributed by atoms with Crippen molar-refractivity contribution >= 4 is 16.0 Å². The minimum atomic E-state index is -3.74. The molecule has 0 amide bonds. The largest absolute Gasteiger partial charge is 0.481 e. The highest BCUT2D eigenvalue weighted by Gasteiger charge is 2.32. The number of rotatable bonds is 7. The number of piperidine rings is 1. The fraction of sp³-hybridized carbons (Fsp3) is 0.467. The van der Waals surface area contributed by atoms with E-state index in [9.17, 15) is 17.6 Å². The molecule has 1 aromatic rings. The summed E-state index contributed by atoms with van der Waals surface area (Å²) in [4.78, 5) is 14.8. The predicted molar refractivity (Wildman–Crippen MR) is 87.1 cm³/mol. The van der Waals surface area contributed by atoms with Crippen LogP contribution in [0.1, 0.15) is 12.8 Å². The van der Waals surface area contributed by atoms with Gasteiger partial charge < -0.3 is 15.6 Å². The second-order valence-electron chi connectivity index (χ2n) is 5.61. The summed E-state index contributed by atoms with van der Waals surface area (Å²) in [5, 5.41) is 8.97. The minimum Gasteiger partial charge on any atom is -0.481 e. The van der Waals surface area contributed by atoms with Gasteiger partial charge in [0.05, 0.1) is 18.4 Å². The molecule has 0 atom stereocenters. The first kappa shape index (κ1) is 19.3. The third kappa shape index (κ3) is 4.74. The van der Waals surface area contributed by atoms with E-state index in [2.05, 4.69) is 4.98 Å². The van der Waals surface area contributed by atoms with Crippen LogP contribution in [0.2, 0.25) is 0 Å². The van der Waals surface area contributed by atoms with Gasteiger partial charge >= 0.3 is 5.97 Å². The molecular weight excluding hydrogens is 353 g/mol. The van der Waals surface area contributed by atoms with Crippen molar-refractivity contribution in [2.24, 2.45) is 11.7 Å². The Kier molecular flexibility index (Phi) is 6.45. The van der Waals surface area contributed by atoms with E-state index < -0.39 is 21.9 Å². The molecule has 0 bridgehead atoms. The van der Waals surface area contributed by atoms with Gasteiger partial charge in [0.1, 0.15) is 11.5 Å². The molecule has 1 saturated heterocycles. The number of aliphatic carboxylic acids is 1. The summed E-state index contributed by atoms with van der Waals surface area (Å²) < 4.78 is 44.0. The lowest BCUT2D eigenvalue weighted by atomic mass is 9.99. The molecule has 138 valence electrons. The molecule has 0 aliphatic carbocycles. The van der Waals surface area contributed by atoms with Gasteiger partial charge in [-0.05, 0) is 18.9 Å². The highest BCUT2D eigenvalue weighted by molar-refractivity contribution is 7.89. The third-order valence-electron chi connectivity index (χ3n) is 3.97. The van der Waals surface area contributed by atoms with E-state index >= 15 is 0 Å². The van der Waals surface area contributed by atoms with Gasteiger partial charge in [0.25, 0.3) is 0 Å². The van der Waals surface area contributed by atoms with E-state index in [1.807, 2.05) is 0 Å². The van der Waals surface area contributed by atoms with Crippen molar-refractivity contribution in [1.82, 2.24) is 9.29 Å². The molecule has 0 spiro atoms. The zero-order chi connectivity index (χ0) is 18.4. The Morgan fingerprint density at radius 3 is 2.60 bits per heavy atom. The summed E-state index contributed by atoms with van der Waals surface area (Å²) in [6.07, 6.45) is 2.08. The summed E-state index contributed by atoms with van der Waals surface area (Å²) in [6, 6.07) is 2.73. The van der Waals surface area contributed by atoms with Crippen molar-refractivity contribution in [3.8, 4) is 5.88 Å². The highest BCUT2D eigenvalue weighted by Crippen LogP contribution is 2.24. The lowest BCUT2D eigenvalue weighted by molar-refractivity contribution is -0.142. The van der Waals surface area contributed by atoms with Gasteiger partial charge in [0.2, 0.25) is 15.9 Å². The quantitative estimate of drug-likeness (QED) is 0.723. The third-order valence-corrected chi connectivity index (χ3v) is 5.85. The lowest BCUT2D eigenvalue weighted by Gasteiger charge is -2.29. The molecule has 1 aromatic heterocycles. The van der Waals surface area contributed by atoms with Crippen LogP contribution in [0.15, 0.2) is 35.1 Å². The van der Waals surface area contributed by atoms with Crippen LogP contribution in [-0.4, -0.2) is 55.0 Å². The number of sulfonamides is 1. The monoisotopic (exact) mass is 373 g/mol. The van der Waals surface area contributed by atoms with Crippen molar-refractivity contribution in [3.05, 3.63) is 30.2 Å². The molecule has 1 aliphatic rings. The lowest BCUT2D eigenvalue weighted by Crippen LogP contribution is -2.40. The topological polar surface area (TPSA) is 123 Å². The summed E-state index contributed by atoms with van der Waals surface area (Å²) in [6.45, 7) is 0.238. The van der Waals surface area contributed by atoms with E-state index in [1.165, 1.54) is 16.4 Å². The number of hydrogen-bond donors (Lipinski definition) is 2. The molecule has 1 fully saturated rings. The maximum Gasteiger partial charge on any atom is 0.306 e. The molecule has 0 unspecified atom stereocenters. The minimum absolute atomic E-state index is 0.00583. The number of aromatic nitrogens is 1. The Bertz CT molecular complexity index is 728. The van der Waals surface area contributed by atoms with Crippen molar-refractivity contribution in [2.45, 2.75) is 17.7 Å². The second kappa shape index (κ2) is 8.37. The molecule has 25 heavy (non-hydrogen) atoms. The SMILES string of the molecule is NCC(=CF)COc1ccc(S(=O)(=O)N2CCC(C(=O)O)CC2)cn1. The Morgan fingerprint density at radius 2 is 2.12 bits per heavy atom. The average molecular weight is 373 g/mol. The van der Waals surface area contributed by atoms with Crippen molar-refractivity contribution in [2.75, 3.05) is 26.2 Å². The number of carbonyl (C=O) groups is 1. The van der Waals surface area contributed by atoms with Gasteiger partial charge in [-0.25, -0.2) is 17.8 Å². The van der Waals surface area contributed by atoms with Crippen molar-refractivity contribution in [3.63, 3.8) is 0 Å². The summed E-state index contributed by atoms with van der Waals surface area (Å²) in [5.74, 6) is -1.27. The summed E-state index contributed by atoms with van der Waals surface area (Å²) >= 11 is 0. The Labute approximate surface area is 145 Å². The first-order valence-corrected chi connectivity index (χ1v) is 9.12. The van der Waals surface area contributed by atoms with Gasteiger partial charge in [0, 0.05) is 31.3 Å². The second-order valence-corrected chi connectivity index (χ2v) is 7.55. The van der Waals surface area contributed by atoms with Crippen LogP contribution in [0.5, 0.6) is 5.88 Å². The first-order valence-electron chi connectivity index (χ1n) is 7.68. The van der Waals surface area contributed by atoms with Crippen LogP contribution in [-0.2, 0) is 14.8 Å². The van der Waals surface area contributed by atoms with Gasteiger partial charge in [0.15, 0.2) is 0 Å². The van der Waals surface area contributed by atoms with Gasteiger partial charge in [-0.1, -0.05) is 0 Å².